The van der Waals surface area contributed by atoms with Crippen LogP contribution in [-0.2, 0) is 17.7 Å². The van der Waals surface area contributed by atoms with Gasteiger partial charge in [0.05, 0.1) is 12.7 Å². The molecule has 0 aromatic heterocycles. The van der Waals surface area contributed by atoms with Gasteiger partial charge in [-0.3, -0.25) is 0 Å². The van der Waals surface area contributed by atoms with Crippen molar-refractivity contribution in [2.45, 2.75) is 155 Å². The van der Waals surface area contributed by atoms with Crippen LogP contribution in [0.5, 0.6) is 0 Å². The molecule has 0 N–H and O–H groups in total. The molecule has 0 amide bonds. The van der Waals surface area contributed by atoms with E-state index in [0.717, 1.165) is 36.2 Å². The highest BCUT2D eigenvalue weighted by Crippen LogP contribution is 2.66. The lowest BCUT2D eigenvalue weighted by atomic mass is 9.48. The van der Waals surface area contributed by atoms with Crippen LogP contribution < -0.4 is 0 Å². The first-order valence-electron chi connectivity index (χ1n) is 16.8. The monoisotopic (exact) mass is 626 g/mol. The molecular formula is C32H66O4Si4. The van der Waals surface area contributed by atoms with Crippen molar-refractivity contribution < 1.29 is 17.7 Å². The Morgan fingerprint density at radius 3 is 1.88 bits per heavy atom. The van der Waals surface area contributed by atoms with E-state index in [4.69, 9.17) is 17.7 Å². The van der Waals surface area contributed by atoms with E-state index in [1.165, 1.54) is 51.4 Å². The zero-order chi connectivity index (χ0) is 29.9. The number of hydrogen-bond acceptors (Lipinski definition) is 4. The summed E-state index contributed by atoms with van der Waals surface area (Å²) in [7, 11) is -6.52. The number of hydrogen-bond donors (Lipinski definition) is 0. The van der Waals surface area contributed by atoms with E-state index < -0.39 is 33.3 Å². The molecular weight excluding hydrogens is 561 g/mol. The highest BCUT2D eigenvalue weighted by Gasteiger charge is 2.62. The first-order chi connectivity index (χ1) is 18.2. The standard InChI is InChI=1S/C32H66O4Si4/c1-32-21-29(35-39(8,9)10)31-25-17-15-24(34-38(5,6)7)20-23(25)14-16-26(31)27(32)18-19-28(32)30(36-40(11,12)13)22-33-37(2,3)4/h23-31H,14-22H2,1-13H3/t23-,24-,25?,26?,27?,28-,29+,30+,31?,32+/m1/s1. The van der Waals surface area contributed by atoms with Crippen LogP contribution >= 0.6 is 0 Å². The summed E-state index contributed by atoms with van der Waals surface area (Å²) in [6, 6.07) is 0. The van der Waals surface area contributed by atoms with Gasteiger partial charge < -0.3 is 17.7 Å². The minimum atomic E-state index is -1.71. The van der Waals surface area contributed by atoms with E-state index >= 15 is 0 Å². The van der Waals surface area contributed by atoms with Crippen molar-refractivity contribution in [3.05, 3.63) is 0 Å². The summed E-state index contributed by atoms with van der Waals surface area (Å²) >= 11 is 0. The number of rotatable bonds is 10. The van der Waals surface area contributed by atoms with Crippen molar-refractivity contribution in [2.75, 3.05) is 6.61 Å². The van der Waals surface area contributed by atoms with Crippen molar-refractivity contribution in [3.63, 3.8) is 0 Å². The molecule has 10 atom stereocenters. The van der Waals surface area contributed by atoms with Crippen LogP contribution in [0.4, 0.5) is 0 Å². The topological polar surface area (TPSA) is 36.9 Å². The van der Waals surface area contributed by atoms with E-state index in [2.05, 4.69) is 85.5 Å². The Labute approximate surface area is 253 Å². The van der Waals surface area contributed by atoms with Crippen LogP contribution in [0.1, 0.15) is 58.3 Å². The molecule has 0 saturated heterocycles. The molecule has 0 aliphatic heterocycles. The van der Waals surface area contributed by atoms with Crippen LogP contribution in [0.3, 0.4) is 0 Å². The summed E-state index contributed by atoms with van der Waals surface area (Å²) in [5.74, 6) is 4.59. The van der Waals surface area contributed by atoms with Crippen molar-refractivity contribution >= 4 is 33.3 Å². The third-order valence-corrected chi connectivity index (χ3v) is 14.7. The predicted octanol–water partition coefficient (Wildman–Crippen LogP) is 9.38. The van der Waals surface area contributed by atoms with Crippen LogP contribution in [-0.4, -0.2) is 58.2 Å². The van der Waals surface area contributed by atoms with E-state index in [0.29, 0.717) is 18.1 Å². The fourth-order valence-electron chi connectivity index (χ4n) is 9.70. The van der Waals surface area contributed by atoms with Crippen molar-refractivity contribution in [3.8, 4) is 0 Å². The van der Waals surface area contributed by atoms with Gasteiger partial charge in [0.2, 0.25) is 0 Å². The summed E-state index contributed by atoms with van der Waals surface area (Å²) in [6.45, 7) is 31.8. The van der Waals surface area contributed by atoms with Gasteiger partial charge in [0.15, 0.2) is 33.3 Å². The largest absolute Gasteiger partial charge is 0.415 e. The molecule has 0 aromatic carbocycles. The van der Waals surface area contributed by atoms with Gasteiger partial charge in [-0.05, 0) is 171 Å². The highest BCUT2D eigenvalue weighted by atomic mass is 28.4. The van der Waals surface area contributed by atoms with E-state index in [1.807, 2.05) is 0 Å². The molecule has 4 saturated carbocycles. The van der Waals surface area contributed by atoms with E-state index in [9.17, 15) is 0 Å². The van der Waals surface area contributed by atoms with Gasteiger partial charge in [-0.25, -0.2) is 0 Å². The van der Waals surface area contributed by atoms with Gasteiger partial charge in [0.25, 0.3) is 0 Å². The molecule has 0 bridgehead atoms. The summed E-state index contributed by atoms with van der Waals surface area (Å²) < 4.78 is 27.6. The smallest absolute Gasteiger partial charge is 0.184 e. The maximum Gasteiger partial charge on any atom is 0.184 e. The van der Waals surface area contributed by atoms with Crippen molar-refractivity contribution in [2.24, 2.45) is 40.9 Å². The first-order valence-corrected chi connectivity index (χ1v) is 30.5. The molecule has 234 valence electrons. The predicted molar refractivity (Wildman–Crippen MR) is 180 cm³/mol. The zero-order valence-electron chi connectivity index (χ0n) is 28.7. The minimum absolute atomic E-state index is 0.225. The Balaban J connectivity index is 1.61. The lowest BCUT2D eigenvalue weighted by Gasteiger charge is -2.60. The molecule has 4 rings (SSSR count). The molecule has 0 spiro atoms. The first kappa shape index (κ1) is 33.6. The van der Waals surface area contributed by atoms with Crippen LogP contribution in [0, 0.1) is 40.9 Å². The van der Waals surface area contributed by atoms with Crippen molar-refractivity contribution in [1.82, 2.24) is 0 Å². The third-order valence-electron chi connectivity index (χ3n) is 10.6. The Hall–Kier alpha value is 0.708. The van der Waals surface area contributed by atoms with Gasteiger partial charge >= 0.3 is 0 Å². The number of fused-ring (bicyclic) bond motifs is 5. The van der Waals surface area contributed by atoms with Gasteiger partial charge in [-0.15, -0.1) is 0 Å². The van der Waals surface area contributed by atoms with Crippen LogP contribution in [0.25, 0.3) is 0 Å². The molecule has 0 radical (unpaired) electrons. The molecule has 8 heteroatoms. The summed E-state index contributed by atoms with van der Waals surface area (Å²) in [6.07, 6.45) is 11.7. The van der Waals surface area contributed by atoms with E-state index in [-0.39, 0.29) is 11.5 Å². The van der Waals surface area contributed by atoms with Gasteiger partial charge in [0, 0.05) is 12.2 Å². The van der Waals surface area contributed by atoms with Gasteiger partial charge in [-0.2, -0.15) is 0 Å². The van der Waals surface area contributed by atoms with Crippen LogP contribution in [0.2, 0.25) is 78.6 Å². The summed E-state index contributed by atoms with van der Waals surface area (Å²) in [5.41, 5.74) is 0.281. The van der Waals surface area contributed by atoms with E-state index in [1.54, 1.807) is 0 Å². The summed E-state index contributed by atoms with van der Waals surface area (Å²) in [5, 5.41) is 0. The maximum absolute atomic E-state index is 7.28. The fraction of sp³-hybridized carbons (Fsp3) is 1.00. The highest BCUT2D eigenvalue weighted by molar-refractivity contribution is 6.70. The lowest BCUT2D eigenvalue weighted by molar-refractivity contribution is -0.142. The molecule has 0 aromatic rings. The van der Waals surface area contributed by atoms with Gasteiger partial charge in [0.1, 0.15) is 0 Å². The average molecular weight is 627 g/mol. The normalized spacial score (nSPS) is 39.8. The lowest BCUT2D eigenvalue weighted by Crippen LogP contribution is -2.58. The second-order valence-electron chi connectivity index (χ2n) is 18.4. The zero-order valence-corrected chi connectivity index (χ0v) is 32.7. The Bertz CT molecular complexity index is 857. The molecule has 4 fully saturated rings. The third kappa shape index (κ3) is 8.24. The molecule has 4 aliphatic rings. The Morgan fingerprint density at radius 2 is 1.30 bits per heavy atom. The molecule has 4 nitrogen and oxygen atoms in total. The molecule has 4 aliphatic carbocycles. The second-order valence-corrected chi connectivity index (χ2v) is 36.3. The maximum atomic E-state index is 7.28. The molecule has 0 heterocycles. The Morgan fingerprint density at radius 1 is 0.675 bits per heavy atom. The van der Waals surface area contributed by atoms with Crippen LogP contribution in [0.15, 0.2) is 0 Å². The quantitative estimate of drug-likeness (QED) is 0.226. The molecule has 4 unspecified atom stereocenters. The molecule has 40 heavy (non-hydrogen) atoms. The van der Waals surface area contributed by atoms with Gasteiger partial charge in [-0.1, -0.05) is 6.92 Å². The Kier molecular flexibility index (Phi) is 9.99. The second kappa shape index (κ2) is 11.9. The minimum Gasteiger partial charge on any atom is -0.415 e. The summed E-state index contributed by atoms with van der Waals surface area (Å²) in [4.78, 5) is 0. The fourth-order valence-corrected chi connectivity index (χ4v) is 13.9. The average Bonchev–Trinajstić information content (AvgIpc) is 3.09. The SMILES string of the molecule is C[C@]12C[C@H](O[Si](C)(C)C)C3C(CC[C@@H]4C[C@H](O[Si](C)(C)C)CCC34)C1CC[C@@H]2[C@H](CO[Si](C)(C)C)O[Si](C)(C)C. The van der Waals surface area contributed by atoms with Crippen molar-refractivity contribution in [1.29, 1.82) is 0 Å².